The van der Waals surface area contributed by atoms with Crippen molar-refractivity contribution in [2.75, 3.05) is 29.9 Å². The number of likely N-dealkylation sites (tertiary alicyclic amines) is 1. The van der Waals surface area contributed by atoms with Crippen molar-refractivity contribution in [2.45, 2.75) is 69.5 Å². The minimum absolute atomic E-state index is 0.00965. The van der Waals surface area contributed by atoms with Crippen LogP contribution in [-0.4, -0.2) is 79.4 Å². The van der Waals surface area contributed by atoms with Gasteiger partial charge >= 0.3 is 6.09 Å². The Bertz CT molecular complexity index is 1500. The molecule has 1 saturated carbocycles. The predicted octanol–water partition coefficient (Wildman–Crippen LogP) is 3.50. The molecule has 3 aromatic rings. The first-order valence-corrected chi connectivity index (χ1v) is 14.9. The Hall–Kier alpha value is -4.68. The van der Waals surface area contributed by atoms with E-state index in [9.17, 15) is 19.5 Å². The maximum absolute atomic E-state index is 13.1. The Morgan fingerprint density at radius 2 is 1.74 bits per heavy atom. The molecule has 2 aliphatic heterocycles. The highest BCUT2D eigenvalue weighted by atomic mass is 16.4. The zero-order chi connectivity index (χ0) is 30.1. The average molecular weight is 588 g/mol. The molecule has 2 atom stereocenters. The van der Waals surface area contributed by atoms with E-state index in [1.54, 1.807) is 12.4 Å². The fraction of sp³-hybridized carbons (Fsp3) is 0.467. The highest BCUT2D eigenvalue weighted by Crippen LogP contribution is 2.40. The summed E-state index contributed by atoms with van der Waals surface area (Å²) in [6, 6.07) is 7.83. The maximum atomic E-state index is 13.1. The number of aromatic nitrogens is 4. The molecule has 13 nitrogen and oxygen atoms in total. The van der Waals surface area contributed by atoms with Crippen molar-refractivity contribution >= 4 is 35.2 Å². The summed E-state index contributed by atoms with van der Waals surface area (Å²) in [5, 5.41) is 20.0. The zero-order valence-corrected chi connectivity index (χ0v) is 24.1. The Morgan fingerprint density at radius 3 is 2.42 bits per heavy atom. The van der Waals surface area contributed by atoms with Crippen molar-refractivity contribution in [1.82, 2.24) is 30.0 Å². The first-order valence-electron chi connectivity index (χ1n) is 14.9. The van der Waals surface area contributed by atoms with E-state index < -0.39 is 12.0 Å². The quantitative estimate of drug-likeness (QED) is 0.308. The van der Waals surface area contributed by atoms with Gasteiger partial charge in [-0.1, -0.05) is 12.1 Å². The van der Waals surface area contributed by atoms with Gasteiger partial charge in [0.1, 0.15) is 5.82 Å². The number of carbonyl (C=O) groups excluding carboxylic acids is 2. The molecule has 0 unspecified atom stereocenters. The summed E-state index contributed by atoms with van der Waals surface area (Å²) in [5.41, 5.74) is 8.20. The van der Waals surface area contributed by atoms with Crippen LogP contribution >= 0.6 is 0 Å². The smallest absolute Gasteiger partial charge is 0.407 e. The monoisotopic (exact) mass is 587 g/mol. The van der Waals surface area contributed by atoms with E-state index in [4.69, 9.17) is 10.7 Å². The number of carboxylic acid groups (broad SMARTS) is 1. The number of hydrogen-bond acceptors (Lipinski definition) is 8. The number of hydrogen-bond donors (Lipinski definition) is 4. The molecule has 0 bridgehead atoms. The van der Waals surface area contributed by atoms with Crippen LogP contribution in [0.2, 0.25) is 0 Å². The zero-order valence-electron chi connectivity index (χ0n) is 24.1. The van der Waals surface area contributed by atoms with E-state index in [0.29, 0.717) is 48.9 Å². The third kappa shape index (κ3) is 6.25. The lowest BCUT2D eigenvalue weighted by Gasteiger charge is -2.40. The summed E-state index contributed by atoms with van der Waals surface area (Å²) in [5.74, 6) is 0.634. The van der Waals surface area contributed by atoms with Gasteiger partial charge in [-0.25, -0.2) is 14.8 Å². The van der Waals surface area contributed by atoms with Crippen molar-refractivity contribution in [3.8, 4) is 0 Å². The summed E-state index contributed by atoms with van der Waals surface area (Å²) in [4.78, 5) is 49.1. The normalized spacial score (nSPS) is 21.0. The Labute approximate surface area is 249 Å². The van der Waals surface area contributed by atoms with Crippen molar-refractivity contribution in [1.29, 1.82) is 0 Å². The van der Waals surface area contributed by atoms with Crippen LogP contribution in [0, 0.1) is 0 Å². The van der Waals surface area contributed by atoms with Crippen LogP contribution in [0.5, 0.6) is 0 Å². The SMILES string of the molecule is C[C@@H]1[C@H](NC(=O)c2ccc(C3CC3)cc2)CCCN1c1cnc(C(N)=O)c(Nc2cnn(C3CCN(C(=O)O)CC3)c2)n1. The summed E-state index contributed by atoms with van der Waals surface area (Å²) in [6.45, 7) is 3.67. The van der Waals surface area contributed by atoms with Crippen LogP contribution < -0.4 is 21.3 Å². The fourth-order valence-electron chi connectivity index (χ4n) is 6.08. The number of primary amides is 1. The standard InChI is InChI=1S/C30H37N9O4/c1-18-24(35-29(41)21-8-6-20(7-9-21)19-4-5-19)3-2-12-38(18)25-16-32-26(27(31)40)28(36-25)34-22-15-33-39(17-22)23-10-13-37(14-11-23)30(42)43/h6-9,15-19,23-24H,2-5,10-14H2,1H3,(H2,31,40)(H,34,36)(H,35,41)(H,42,43)/t18-,24-/m1/s1. The molecule has 226 valence electrons. The highest BCUT2D eigenvalue weighted by Gasteiger charge is 2.32. The van der Waals surface area contributed by atoms with Crippen LogP contribution in [0.4, 0.5) is 22.1 Å². The number of nitrogens with one attached hydrogen (secondary N) is 2. The van der Waals surface area contributed by atoms with E-state index in [1.807, 2.05) is 23.0 Å². The number of anilines is 3. The van der Waals surface area contributed by atoms with Crippen LogP contribution in [0.1, 0.15) is 83.8 Å². The number of nitrogens with zero attached hydrogens (tertiary/aromatic N) is 6. The number of rotatable bonds is 8. The lowest BCUT2D eigenvalue weighted by Crippen LogP contribution is -2.54. The Kier molecular flexibility index (Phi) is 7.87. The van der Waals surface area contributed by atoms with Gasteiger partial charge in [-0.3, -0.25) is 14.3 Å². The lowest BCUT2D eigenvalue weighted by atomic mass is 9.97. The molecule has 3 aliphatic rings. The molecular formula is C30H37N9O4. The van der Waals surface area contributed by atoms with E-state index in [2.05, 4.69) is 44.7 Å². The minimum Gasteiger partial charge on any atom is -0.465 e. The van der Waals surface area contributed by atoms with E-state index in [-0.39, 0.29) is 35.5 Å². The van der Waals surface area contributed by atoms with Crippen LogP contribution in [0.15, 0.2) is 42.9 Å². The molecule has 3 amide bonds. The van der Waals surface area contributed by atoms with Crippen molar-refractivity contribution < 1.29 is 19.5 Å². The molecule has 1 aliphatic carbocycles. The molecule has 6 rings (SSSR count). The van der Waals surface area contributed by atoms with Crippen molar-refractivity contribution in [3.63, 3.8) is 0 Å². The third-order valence-corrected chi connectivity index (χ3v) is 8.79. The van der Waals surface area contributed by atoms with E-state index in [0.717, 1.165) is 19.4 Å². The third-order valence-electron chi connectivity index (χ3n) is 8.79. The Morgan fingerprint density at radius 1 is 1.00 bits per heavy atom. The topological polar surface area (TPSA) is 172 Å². The lowest BCUT2D eigenvalue weighted by molar-refractivity contribution is 0.0923. The minimum atomic E-state index is -0.908. The van der Waals surface area contributed by atoms with Gasteiger partial charge in [-0.15, -0.1) is 0 Å². The molecule has 43 heavy (non-hydrogen) atoms. The molecule has 3 fully saturated rings. The van der Waals surface area contributed by atoms with Crippen LogP contribution in [-0.2, 0) is 0 Å². The Balaban J connectivity index is 1.14. The molecule has 0 radical (unpaired) electrons. The summed E-state index contributed by atoms with van der Waals surface area (Å²) in [6.07, 6.45) is 9.54. The second-order valence-electron chi connectivity index (χ2n) is 11.7. The first kappa shape index (κ1) is 28.4. The van der Waals surface area contributed by atoms with Gasteiger partial charge in [-0.2, -0.15) is 5.10 Å². The van der Waals surface area contributed by atoms with Gasteiger partial charge in [0.05, 0.1) is 24.1 Å². The largest absolute Gasteiger partial charge is 0.465 e. The molecule has 1 aromatic carbocycles. The second-order valence-corrected chi connectivity index (χ2v) is 11.7. The molecular weight excluding hydrogens is 550 g/mol. The first-order chi connectivity index (χ1) is 20.8. The number of nitrogens with two attached hydrogens (primary N) is 1. The molecule has 4 heterocycles. The molecule has 13 heteroatoms. The van der Waals surface area contributed by atoms with Gasteiger partial charge in [0.25, 0.3) is 11.8 Å². The van der Waals surface area contributed by atoms with Gasteiger partial charge in [-0.05, 0) is 69.1 Å². The molecule has 0 spiro atoms. The summed E-state index contributed by atoms with van der Waals surface area (Å²) >= 11 is 0. The van der Waals surface area contributed by atoms with Crippen LogP contribution in [0.25, 0.3) is 0 Å². The number of amides is 3. The van der Waals surface area contributed by atoms with E-state index in [1.165, 1.54) is 23.3 Å². The number of piperidine rings is 2. The number of benzene rings is 1. The van der Waals surface area contributed by atoms with Gasteiger partial charge < -0.3 is 31.3 Å². The van der Waals surface area contributed by atoms with Gasteiger partial charge in [0.2, 0.25) is 0 Å². The summed E-state index contributed by atoms with van der Waals surface area (Å²) in [7, 11) is 0. The average Bonchev–Trinajstić information content (AvgIpc) is 3.76. The predicted molar refractivity (Wildman–Crippen MR) is 160 cm³/mol. The maximum Gasteiger partial charge on any atom is 0.407 e. The molecule has 5 N–H and O–H groups in total. The summed E-state index contributed by atoms with van der Waals surface area (Å²) < 4.78 is 1.81. The van der Waals surface area contributed by atoms with Crippen molar-refractivity contribution in [2.24, 2.45) is 5.73 Å². The number of carbonyl (C=O) groups is 3. The fourth-order valence-corrected chi connectivity index (χ4v) is 6.08. The van der Waals surface area contributed by atoms with Crippen molar-refractivity contribution in [3.05, 3.63) is 59.7 Å². The molecule has 2 aromatic heterocycles. The second kappa shape index (κ2) is 11.9. The van der Waals surface area contributed by atoms with E-state index >= 15 is 0 Å². The van der Waals surface area contributed by atoms with Crippen LogP contribution in [0.3, 0.4) is 0 Å². The molecule has 2 saturated heterocycles. The van der Waals surface area contributed by atoms with Gasteiger partial charge in [0.15, 0.2) is 11.5 Å². The van der Waals surface area contributed by atoms with Gasteiger partial charge in [0, 0.05) is 43.5 Å². The highest BCUT2D eigenvalue weighted by molar-refractivity contribution is 5.96.